The molecule has 14 heteroatoms. The first kappa shape index (κ1) is 53.6. The third-order valence-electron chi connectivity index (χ3n) is 14.5. The summed E-state index contributed by atoms with van der Waals surface area (Å²) in [5.41, 5.74) is 2.79. The van der Waals surface area contributed by atoms with Gasteiger partial charge in [0.2, 0.25) is 5.79 Å². The predicted molar refractivity (Wildman–Crippen MR) is 248 cm³/mol. The van der Waals surface area contributed by atoms with Crippen molar-refractivity contribution in [2.75, 3.05) is 41.1 Å². The zero-order chi connectivity index (χ0) is 48.1. The Hall–Kier alpha value is -3.34. The number of benzene rings is 1. The number of aliphatic hydroxyl groups excluding tert-OH is 1. The molecule has 3 heterocycles. The van der Waals surface area contributed by atoms with Crippen LogP contribution in [0.25, 0.3) is 0 Å². The van der Waals surface area contributed by atoms with Gasteiger partial charge in [-0.15, -0.1) is 0 Å². The highest BCUT2D eigenvalue weighted by Crippen LogP contribution is 2.39. The molecule has 5 rings (SSSR count). The Morgan fingerprint density at radius 2 is 1.58 bits per heavy atom. The van der Waals surface area contributed by atoms with Gasteiger partial charge in [-0.3, -0.25) is 14.4 Å². The first-order chi connectivity index (χ1) is 31.5. The molecular formula is C52H79NO13. The van der Waals surface area contributed by atoms with Crippen LogP contribution in [0, 0.1) is 29.6 Å². The fourth-order valence-corrected chi connectivity index (χ4v) is 10.6. The second-order valence-electron chi connectivity index (χ2n) is 19.5. The third kappa shape index (κ3) is 13.7. The summed E-state index contributed by atoms with van der Waals surface area (Å²) in [6.07, 6.45) is 4.78. The molecule has 4 aliphatic rings. The molecule has 1 saturated carbocycles. The van der Waals surface area contributed by atoms with Crippen molar-refractivity contribution < 1.29 is 62.5 Å². The number of aliphatic hydroxyl groups is 2. The molecule has 2 N–H and O–H groups in total. The van der Waals surface area contributed by atoms with Crippen LogP contribution in [0.2, 0.25) is 0 Å². The molecule has 0 radical (unpaired) electrons. The normalized spacial score (nSPS) is 37.0. The highest BCUT2D eigenvalue weighted by atomic mass is 16.7. The molecule has 0 aromatic heterocycles. The fourth-order valence-electron chi connectivity index (χ4n) is 10.6. The van der Waals surface area contributed by atoms with Gasteiger partial charge in [-0.05, 0) is 101 Å². The number of fused-ring (bicyclic) bond motifs is 3. The lowest BCUT2D eigenvalue weighted by molar-refractivity contribution is -0.302. The summed E-state index contributed by atoms with van der Waals surface area (Å²) in [6.45, 7) is 12.7. The third-order valence-corrected chi connectivity index (χ3v) is 14.5. The van der Waals surface area contributed by atoms with Crippen molar-refractivity contribution in [2.24, 2.45) is 29.6 Å². The number of carbonyl (C=O) groups is 4. The van der Waals surface area contributed by atoms with Crippen LogP contribution in [-0.4, -0.2) is 134 Å². The van der Waals surface area contributed by atoms with Crippen LogP contribution < -0.4 is 0 Å². The highest BCUT2D eigenvalue weighted by molar-refractivity contribution is 6.39. The lowest BCUT2D eigenvalue weighted by Gasteiger charge is -2.47. The monoisotopic (exact) mass is 926 g/mol. The van der Waals surface area contributed by atoms with E-state index in [-0.39, 0.29) is 55.6 Å². The summed E-state index contributed by atoms with van der Waals surface area (Å²) in [4.78, 5) is 58.4. The van der Waals surface area contributed by atoms with Gasteiger partial charge >= 0.3 is 5.97 Å². The number of hydrogen-bond acceptors (Lipinski definition) is 13. The Labute approximate surface area is 393 Å². The van der Waals surface area contributed by atoms with E-state index in [9.17, 15) is 29.4 Å². The molecule has 1 aliphatic carbocycles. The minimum atomic E-state index is -2.51. The van der Waals surface area contributed by atoms with E-state index < -0.39 is 77.8 Å². The largest absolute Gasteiger partial charge is 0.456 e. The summed E-state index contributed by atoms with van der Waals surface area (Å²) in [6, 6.07) is 8.84. The standard InChI is InChI=1S/C52H79NO13/c1-10-39-25-32(2)24-33(3)26-45(61-8)48-46(62-9)28-35(5)52(59,66-48)49(56)50(57)53-21-15-14-18-40(53)51(58)65-47(36(6)41(54)30-42(39)55)34(4)27-38-19-20-43(44(29-38)60-7)64-23-22-63-31-37-16-12-11-13-17-37/h11-13,16-17,25,27,33,35-36,38-41,43-48,54,59H,10,14-15,18-24,26,28-31H2,1-9H3/b32-25+,34-27?. The Morgan fingerprint density at radius 3 is 2.26 bits per heavy atom. The van der Waals surface area contributed by atoms with Gasteiger partial charge in [-0.25, -0.2) is 4.79 Å². The van der Waals surface area contributed by atoms with Gasteiger partial charge in [0.05, 0.1) is 50.3 Å². The molecule has 1 aromatic carbocycles. The number of rotatable bonds is 12. The minimum Gasteiger partial charge on any atom is -0.456 e. The molecule has 0 spiro atoms. The number of esters is 1. The Morgan fingerprint density at radius 1 is 0.879 bits per heavy atom. The maximum atomic E-state index is 14.5. The molecule has 3 aliphatic heterocycles. The van der Waals surface area contributed by atoms with Crippen LogP contribution in [0.5, 0.6) is 0 Å². The van der Waals surface area contributed by atoms with Gasteiger partial charge in [-0.2, -0.15) is 0 Å². The van der Waals surface area contributed by atoms with Crippen LogP contribution >= 0.6 is 0 Å². The average Bonchev–Trinajstić information content (AvgIpc) is 3.31. The van der Waals surface area contributed by atoms with Crippen molar-refractivity contribution in [1.82, 2.24) is 4.90 Å². The Balaban J connectivity index is 1.41. The number of hydrogen-bond donors (Lipinski definition) is 2. The van der Waals surface area contributed by atoms with E-state index in [1.54, 1.807) is 21.0 Å². The van der Waals surface area contributed by atoms with E-state index >= 15 is 0 Å². The first-order valence-electron chi connectivity index (χ1n) is 24.4. The van der Waals surface area contributed by atoms with Crippen molar-refractivity contribution in [2.45, 2.75) is 173 Å². The van der Waals surface area contributed by atoms with Crippen LogP contribution in [0.15, 0.2) is 53.6 Å². The van der Waals surface area contributed by atoms with Crippen LogP contribution in [-0.2, 0) is 58.9 Å². The van der Waals surface area contributed by atoms with Gasteiger partial charge in [-0.1, -0.05) is 75.8 Å². The number of Topliss-reactive ketones (excluding diaryl/α,β-unsaturated/α-hetero) is 2. The van der Waals surface area contributed by atoms with Gasteiger partial charge in [0, 0.05) is 52.0 Å². The number of ether oxygens (including phenoxy) is 7. The number of piperidine rings is 1. The molecular weight excluding hydrogens is 847 g/mol. The van der Waals surface area contributed by atoms with Crippen LogP contribution in [0.1, 0.15) is 118 Å². The molecule has 370 valence electrons. The second kappa shape index (κ2) is 25.3. The molecule has 2 saturated heterocycles. The fraction of sp³-hybridized carbons (Fsp3) is 0.731. The maximum Gasteiger partial charge on any atom is 0.329 e. The van der Waals surface area contributed by atoms with E-state index in [4.69, 9.17) is 33.2 Å². The molecule has 14 nitrogen and oxygen atoms in total. The van der Waals surface area contributed by atoms with Crippen molar-refractivity contribution in [3.63, 3.8) is 0 Å². The van der Waals surface area contributed by atoms with E-state index in [2.05, 4.69) is 13.0 Å². The lowest BCUT2D eigenvalue weighted by atomic mass is 9.81. The summed E-state index contributed by atoms with van der Waals surface area (Å²) in [5.74, 6) is -7.46. The van der Waals surface area contributed by atoms with E-state index in [1.807, 2.05) is 57.2 Å². The number of allylic oxidation sites excluding steroid dienone is 3. The van der Waals surface area contributed by atoms with Crippen molar-refractivity contribution in [1.29, 1.82) is 0 Å². The number of methoxy groups -OCH3 is 3. The molecule has 14 unspecified atom stereocenters. The Kier molecular flexibility index (Phi) is 20.6. The number of ketones is 2. The van der Waals surface area contributed by atoms with Crippen molar-refractivity contribution >= 4 is 23.4 Å². The van der Waals surface area contributed by atoms with Crippen LogP contribution in [0.3, 0.4) is 0 Å². The van der Waals surface area contributed by atoms with Crippen LogP contribution in [0.4, 0.5) is 0 Å². The van der Waals surface area contributed by atoms with Crippen molar-refractivity contribution in [3.8, 4) is 0 Å². The van der Waals surface area contributed by atoms with Crippen molar-refractivity contribution in [3.05, 3.63) is 59.2 Å². The van der Waals surface area contributed by atoms with Gasteiger partial charge in [0.1, 0.15) is 24.0 Å². The SMILES string of the molecule is CCC1/C=C(\C)CC(C)CC(OC)C2OC(O)(C(=O)C(=O)N3CCCCC3C(=O)OC(C(C)=CC3CCC(OCCOCc4ccccc4)C(OC)C3)C(C)C(O)CC1=O)C(C)CC2OC. The quantitative estimate of drug-likeness (QED) is 0.0980. The number of cyclic esters (lactones) is 1. The molecule has 14 atom stereocenters. The average molecular weight is 926 g/mol. The van der Waals surface area contributed by atoms with E-state index in [0.29, 0.717) is 63.9 Å². The molecule has 2 bridgehead atoms. The zero-order valence-corrected chi connectivity index (χ0v) is 41.0. The molecule has 66 heavy (non-hydrogen) atoms. The van der Waals surface area contributed by atoms with Gasteiger partial charge in [0.15, 0.2) is 0 Å². The van der Waals surface area contributed by atoms with Gasteiger partial charge in [0.25, 0.3) is 11.7 Å². The summed E-state index contributed by atoms with van der Waals surface area (Å²) < 4.78 is 42.5. The minimum absolute atomic E-state index is 0.0294. The molecule has 1 amide bonds. The first-order valence-corrected chi connectivity index (χ1v) is 24.4. The predicted octanol–water partition coefficient (Wildman–Crippen LogP) is 6.71. The number of amides is 1. The van der Waals surface area contributed by atoms with E-state index in [0.717, 1.165) is 24.0 Å². The summed E-state index contributed by atoms with van der Waals surface area (Å²) in [5, 5.41) is 24.0. The summed E-state index contributed by atoms with van der Waals surface area (Å²) in [7, 11) is 4.75. The zero-order valence-electron chi connectivity index (χ0n) is 41.0. The maximum absolute atomic E-state index is 14.5. The topological polar surface area (TPSA) is 177 Å². The number of carbonyl (C=O) groups excluding carboxylic acids is 4. The lowest BCUT2D eigenvalue weighted by Crippen LogP contribution is -2.64. The smallest absolute Gasteiger partial charge is 0.329 e. The molecule has 3 fully saturated rings. The Bertz CT molecular complexity index is 1800. The summed E-state index contributed by atoms with van der Waals surface area (Å²) >= 11 is 0. The second-order valence-corrected chi connectivity index (χ2v) is 19.5. The molecule has 1 aromatic rings. The number of nitrogens with zero attached hydrogens (tertiary/aromatic N) is 1. The van der Waals surface area contributed by atoms with Gasteiger partial charge < -0.3 is 48.3 Å². The van der Waals surface area contributed by atoms with E-state index in [1.165, 1.54) is 19.1 Å². The highest BCUT2D eigenvalue weighted by Gasteiger charge is 2.56.